The van der Waals surface area contributed by atoms with Gasteiger partial charge in [0.15, 0.2) is 6.10 Å². The predicted molar refractivity (Wildman–Crippen MR) is 147 cm³/mol. The van der Waals surface area contributed by atoms with Gasteiger partial charge in [-0.3, -0.25) is 0 Å². The molecule has 1 rings (SSSR count). The molecule has 0 aliphatic heterocycles. The fourth-order valence-electron chi connectivity index (χ4n) is 3.31. The molecule has 0 heterocycles. The van der Waals surface area contributed by atoms with E-state index in [-0.39, 0.29) is 24.4 Å². The Morgan fingerprint density at radius 3 is 2.00 bits per heavy atom. The SMILES string of the molecule is C=C(C)C(=O)OCC(O)COC(=O)/C=C/C(=O)OC(COC(=O)C(=C)C)COC(C)(CC)c1ccccc1CC. The zero-order chi connectivity index (χ0) is 30.3. The summed E-state index contributed by atoms with van der Waals surface area (Å²) in [6.07, 6.45) is 0.848. The Kier molecular flexibility index (Phi) is 14.6. The zero-order valence-corrected chi connectivity index (χ0v) is 23.9. The second kappa shape index (κ2) is 17.0. The topological polar surface area (TPSA) is 135 Å². The number of aliphatic hydroxyl groups is 1. The van der Waals surface area contributed by atoms with Crippen LogP contribution in [-0.4, -0.2) is 67.6 Å². The lowest BCUT2D eigenvalue weighted by Gasteiger charge is -2.32. The molecule has 0 saturated heterocycles. The van der Waals surface area contributed by atoms with Crippen molar-refractivity contribution in [3.63, 3.8) is 0 Å². The molecular formula is C30H40O10. The lowest BCUT2D eigenvalue weighted by molar-refractivity contribution is -0.162. The van der Waals surface area contributed by atoms with Crippen LogP contribution in [0.1, 0.15) is 52.2 Å². The number of aliphatic hydroxyl groups excluding tert-OH is 1. The van der Waals surface area contributed by atoms with Crippen LogP contribution in [0.15, 0.2) is 60.7 Å². The third-order valence-corrected chi connectivity index (χ3v) is 5.79. The molecule has 0 spiro atoms. The van der Waals surface area contributed by atoms with Crippen LogP contribution in [0.2, 0.25) is 0 Å². The van der Waals surface area contributed by atoms with Gasteiger partial charge >= 0.3 is 23.9 Å². The molecule has 10 nitrogen and oxygen atoms in total. The minimum absolute atomic E-state index is 0.0923. The van der Waals surface area contributed by atoms with Crippen molar-refractivity contribution in [3.05, 3.63) is 71.8 Å². The molecule has 0 radical (unpaired) electrons. The average molecular weight is 561 g/mol. The number of rotatable bonds is 17. The predicted octanol–water partition coefficient (Wildman–Crippen LogP) is 3.50. The molecule has 10 heteroatoms. The van der Waals surface area contributed by atoms with Gasteiger partial charge in [0.1, 0.15) is 25.9 Å². The average Bonchev–Trinajstić information content (AvgIpc) is 2.94. The van der Waals surface area contributed by atoms with Gasteiger partial charge in [0.25, 0.3) is 0 Å². The van der Waals surface area contributed by atoms with Gasteiger partial charge in [-0.1, -0.05) is 51.3 Å². The second-order valence-corrected chi connectivity index (χ2v) is 9.34. The Hall–Kier alpha value is -3.76. The van der Waals surface area contributed by atoms with Gasteiger partial charge in [-0.2, -0.15) is 0 Å². The molecule has 0 bridgehead atoms. The number of ether oxygens (including phenoxy) is 5. The van der Waals surface area contributed by atoms with Crippen molar-refractivity contribution in [1.29, 1.82) is 0 Å². The van der Waals surface area contributed by atoms with Gasteiger partial charge in [0, 0.05) is 23.3 Å². The van der Waals surface area contributed by atoms with E-state index in [0.717, 1.165) is 29.7 Å². The van der Waals surface area contributed by atoms with Gasteiger partial charge < -0.3 is 28.8 Å². The van der Waals surface area contributed by atoms with Crippen molar-refractivity contribution in [3.8, 4) is 0 Å². The Balaban J connectivity index is 2.80. The maximum absolute atomic E-state index is 12.4. The van der Waals surface area contributed by atoms with Crippen LogP contribution < -0.4 is 0 Å². The number of carbonyl (C=O) groups is 4. The summed E-state index contributed by atoms with van der Waals surface area (Å²) in [5.74, 6) is -3.17. The molecule has 0 fully saturated rings. The van der Waals surface area contributed by atoms with Gasteiger partial charge in [0.05, 0.1) is 12.2 Å². The molecule has 3 unspecified atom stereocenters. The molecule has 1 aromatic carbocycles. The molecule has 1 aromatic rings. The highest BCUT2D eigenvalue weighted by Crippen LogP contribution is 2.32. The maximum Gasteiger partial charge on any atom is 0.333 e. The monoisotopic (exact) mass is 560 g/mol. The number of carbonyl (C=O) groups excluding carboxylic acids is 4. The van der Waals surface area contributed by atoms with Crippen molar-refractivity contribution in [1.82, 2.24) is 0 Å². The molecule has 40 heavy (non-hydrogen) atoms. The summed E-state index contributed by atoms with van der Waals surface area (Å²) in [5.41, 5.74) is 1.77. The normalized spacial score (nSPS) is 13.9. The lowest BCUT2D eigenvalue weighted by Crippen LogP contribution is -2.35. The molecular weight excluding hydrogens is 520 g/mol. The zero-order valence-electron chi connectivity index (χ0n) is 23.9. The molecule has 220 valence electrons. The van der Waals surface area contributed by atoms with Gasteiger partial charge in [0.2, 0.25) is 0 Å². The minimum atomic E-state index is -1.26. The number of esters is 4. The van der Waals surface area contributed by atoms with Crippen molar-refractivity contribution in [2.75, 3.05) is 26.4 Å². The van der Waals surface area contributed by atoms with Crippen LogP contribution >= 0.6 is 0 Å². The van der Waals surface area contributed by atoms with Gasteiger partial charge in [-0.25, -0.2) is 19.2 Å². The first-order valence-corrected chi connectivity index (χ1v) is 12.9. The number of hydrogen-bond donors (Lipinski definition) is 1. The largest absolute Gasteiger partial charge is 0.460 e. The number of hydrogen-bond acceptors (Lipinski definition) is 10. The summed E-state index contributed by atoms with van der Waals surface area (Å²) in [4.78, 5) is 47.6. The number of benzene rings is 1. The van der Waals surface area contributed by atoms with E-state index >= 15 is 0 Å². The van der Waals surface area contributed by atoms with E-state index < -0.39 is 54.9 Å². The third kappa shape index (κ3) is 12.0. The highest BCUT2D eigenvalue weighted by molar-refractivity contribution is 5.91. The molecule has 0 amide bonds. The Labute approximate surface area is 235 Å². The lowest BCUT2D eigenvalue weighted by atomic mass is 9.88. The Morgan fingerprint density at radius 2 is 1.43 bits per heavy atom. The fourth-order valence-corrected chi connectivity index (χ4v) is 3.31. The van der Waals surface area contributed by atoms with Crippen LogP contribution in [0.3, 0.4) is 0 Å². The summed E-state index contributed by atoms with van der Waals surface area (Å²) in [6.45, 7) is 14.6. The van der Waals surface area contributed by atoms with E-state index in [9.17, 15) is 24.3 Å². The van der Waals surface area contributed by atoms with E-state index in [2.05, 4.69) is 13.2 Å². The van der Waals surface area contributed by atoms with E-state index in [1.54, 1.807) is 0 Å². The first-order valence-electron chi connectivity index (χ1n) is 12.9. The highest BCUT2D eigenvalue weighted by Gasteiger charge is 2.30. The Morgan fingerprint density at radius 1 is 0.875 bits per heavy atom. The standard InChI is InChI=1S/C30H40O10/c1-8-22-12-10-11-13-25(22)30(7,9-2)39-19-24(18-38-29(35)21(5)6)40-27(33)15-14-26(32)36-16-23(31)17-37-28(34)20(3)4/h10-15,23-24,31H,3,5,8-9,16-19H2,1-2,4,6-7H3/b15-14+. The Bertz CT molecular complexity index is 1090. The quantitative estimate of drug-likeness (QED) is 0.171. The van der Waals surface area contributed by atoms with Crippen molar-refractivity contribution in [2.45, 2.75) is 65.3 Å². The van der Waals surface area contributed by atoms with Gasteiger partial charge in [-0.15, -0.1) is 0 Å². The second-order valence-electron chi connectivity index (χ2n) is 9.34. The summed E-state index contributed by atoms with van der Waals surface area (Å²) >= 11 is 0. The first-order chi connectivity index (χ1) is 18.8. The summed E-state index contributed by atoms with van der Waals surface area (Å²) in [6, 6.07) is 7.89. The van der Waals surface area contributed by atoms with Crippen molar-refractivity contribution >= 4 is 23.9 Å². The molecule has 1 N–H and O–H groups in total. The van der Waals surface area contributed by atoms with Crippen LogP contribution in [0, 0.1) is 0 Å². The summed E-state index contributed by atoms with van der Waals surface area (Å²) < 4.78 is 26.4. The van der Waals surface area contributed by atoms with Gasteiger partial charge in [-0.05, 0) is 44.7 Å². The van der Waals surface area contributed by atoms with E-state index in [1.807, 2.05) is 45.0 Å². The highest BCUT2D eigenvalue weighted by atomic mass is 16.6. The molecule has 3 atom stereocenters. The van der Waals surface area contributed by atoms with Crippen LogP contribution in [0.25, 0.3) is 0 Å². The molecule has 0 aliphatic carbocycles. The van der Waals surface area contributed by atoms with Crippen LogP contribution in [0.4, 0.5) is 0 Å². The van der Waals surface area contributed by atoms with E-state index in [1.165, 1.54) is 13.8 Å². The van der Waals surface area contributed by atoms with Crippen LogP contribution in [-0.2, 0) is 54.9 Å². The molecule has 0 aliphatic rings. The summed E-state index contributed by atoms with van der Waals surface area (Å²) in [7, 11) is 0. The molecule has 0 aromatic heterocycles. The van der Waals surface area contributed by atoms with Crippen molar-refractivity contribution in [2.24, 2.45) is 0 Å². The van der Waals surface area contributed by atoms with Crippen LogP contribution in [0.5, 0.6) is 0 Å². The van der Waals surface area contributed by atoms with E-state index in [4.69, 9.17) is 23.7 Å². The number of aryl methyl sites for hydroxylation is 1. The third-order valence-electron chi connectivity index (χ3n) is 5.79. The fraction of sp³-hybridized carbons (Fsp3) is 0.467. The molecule has 0 saturated carbocycles. The first kappa shape index (κ1) is 34.3. The van der Waals surface area contributed by atoms with Crippen molar-refractivity contribution < 1.29 is 48.0 Å². The smallest absolute Gasteiger partial charge is 0.333 e. The van der Waals surface area contributed by atoms with E-state index in [0.29, 0.717) is 6.42 Å². The summed E-state index contributed by atoms with van der Waals surface area (Å²) in [5, 5.41) is 9.77. The minimum Gasteiger partial charge on any atom is -0.460 e. The maximum atomic E-state index is 12.4.